The molecule has 1 N–H and O–H groups in total. The number of nitrogens with one attached hydrogen (secondary N) is 1. The number of rotatable bonds is 8. The Bertz CT molecular complexity index is 1400. The number of unbranched alkanes of at least 4 members (excludes halogenated alkanes) is 3. The van der Waals surface area contributed by atoms with Crippen molar-refractivity contribution in [2.24, 2.45) is 5.92 Å². The van der Waals surface area contributed by atoms with Gasteiger partial charge in [-0.3, -0.25) is 24.2 Å². The predicted molar refractivity (Wildman–Crippen MR) is 137 cm³/mol. The number of ether oxygens (including phenoxy) is 1. The highest BCUT2D eigenvalue weighted by Crippen LogP contribution is 2.21. The summed E-state index contributed by atoms with van der Waals surface area (Å²) >= 11 is 0. The van der Waals surface area contributed by atoms with Crippen molar-refractivity contribution in [1.29, 1.82) is 5.41 Å². The van der Waals surface area contributed by atoms with E-state index in [1.165, 1.54) is 10.5 Å². The second kappa shape index (κ2) is 11.1. The molecule has 4 heterocycles. The molecule has 0 spiro atoms. The molecule has 1 fully saturated rings. The van der Waals surface area contributed by atoms with Crippen LogP contribution in [0.3, 0.4) is 0 Å². The Morgan fingerprint density at radius 1 is 1.14 bits per heavy atom. The molecule has 9 heteroatoms. The van der Waals surface area contributed by atoms with Crippen molar-refractivity contribution in [3.8, 4) is 0 Å². The van der Waals surface area contributed by atoms with E-state index >= 15 is 0 Å². The fourth-order valence-corrected chi connectivity index (χ4v) is 4.92. The monoisotopic (exact) mass is 493 g/mol. The summed E-state index contributed by atoms with van der Waals surface area (Å²) in [6.07, 6.45) is 6.72. The van der Waals surface area contributed by atoms with Crippen molar-refractivity contribution in [3.05, 3.63) is 51.4 Å². The molecular formula is C27H35N5O4. The van der Waals surface area contributed by atoms with Gasteiger partial charge in [-0.2, -0.15) is 0 Å². The zero-order chi connectivity index (χ0) is 25.8. The van der Waals surface area contributed by atoms with Crippen LogP contribution in [-0.2, 0) is 16.1 Å². The number of hydrogen-bond donors (Lipinski definition) is 1. The van der Waals surface area contributed by atoms with E-state index < -0.39 is 0 Å². The van der Waals surface area contributed by atoms with Gasteiger partial charge in [0.1, 0.15) is 16.8 Å². The number of hydrogen-bond acceptors (Lipinski definition) is 6. The molecule has 1 amide bonds. The summed E-state index contributed by atoms with van der Waals surface area (Å²) in [6, 6.07) is 5.23. The van der Waals surface area contributed by atoms with Crippen LogP contribution in [0.5, 0.6) is 0 Å². The zero-order valence-corrected chi connectivity index (χ0v) is 21.4. The van der Waals surface area contributed by atoms with Gasteiger partial charge < -0.3 is 14.2 Å². The van der Waals surface area contributed by atoms with Crippen molar-refractivity contribution in [1.82, 2.24) is 18.9 Å². The maximum atomic E-state index is 13.6. The Hall–Kier alpha value is -3.49. The van der Waals surface area contributed by atoms with E-state index in [1.807, 2.05) is 13.0 Å². The van der Waals surface area contributed by atoms with Crippen LogP contribution in [0.4, 0.5) is 0 Å². The van der Waals surface area contributed by atoms with Crippen LogP contribution < -0.4 is 11.0 Å². The summed E-state index contributed by atoms with van der Waals surface area (Å²) in [5.74, 6) is -0.726. The number of pyridine rings is 2. The van der Waals surface area contributed by atoms with Crippen molar-refractivity contribution >= 4 is 28.6 Å². The lowest BCUT2D eigenvalue weighted by Gasteiger charge is -2.31. The fraction of sp³-hybridized carbons (Fsp3) is 0.519. The molecule has 36 heavy (non-hydrogen) atoms. The van der Waals surface area contributed by atoms with Gasteiger partial charge >= 0.3 is 5.97 Å². The van der Waals surface area contributed by atoms with Gasteiger partial charge in [0, 0.05) is 25.8 Å². The van der Waals surface area contributed by atoms with Crippen molar-refractivity contribution in [2.45, 2.75) is 65.8 Å². The van der Waals surface area contributed by atoms with E-state index in [-0.39, 0.29) is 34.4 Å². The smallest absolute Gasteiger partial charge is 0.309 e. The van der Waals surface area contributed by atoms with Gasteiger partial charge in [-0.05, 0) is 50.8 Å². The minimum atomic E-state index is -0.291. The Balaban J connectivity index is 1.76. The molecule has 0 saturated carbocycles. The highest BCUT2D eigenvalue weighted by Gasteiger charge is 2.30. The molecule has 3 aromatic rings. The Kier molecular flexibility index (Phi) is 7.86. The predicted octanol–water partition coefficient (Wildman–Crippen LogP) is 3.43. The molecule has 0 radical (unpaired) electrons. The van der Waals surface area contributed by atoms with Gasteiger partial charge in [-0.1, -0.05) is 32.3 Å². The van der Waals surface area contributed by atoms with Gasteiger partial charge in [0.15, 0.2) is 0 Å². The molecule has 0 aromatic carbocycles. The molecule has 4 rings (SSSR count). The first-order valence-corrected chi connectivity index (χ1v) is 12.9. The molecule has 192 valence electrons. The first-order valence-electron chi connectivity index (χ1n) is 12.9. The maximum absolute atomic E-state index is 13.6. The summed E-state index contributed by atoms with van der Waals surface area (Å²) in [6.45, 7) is 7.49. The van der Waals surface area contributed by atoms with Crippen LogP contribution in [0.15, 0.2) is 29.2 Å². The van der Waals surface area contributed by atoms with E-state index in [0.717, 1.165) is 31.2 Å². The highest BCUT2D eigenvalue weighted by molar-refractivity contribution is 5.97. The summed E-state index contributed by atoms with van der Waals surface area (Å²) in [4.78, 5) is 45.6. The topological polar surface area (TPSA) is 110 Å². The molecule has 3 aromatic heterocycles. The number of aromatic nitrogens is 3. The first kappa shape index (κ1) is 25.6. The fourth-order valence-electron chi connectivity index (χ4n) is 4.92. The van der Waals surface area contributed by atoms with E-state index in [1.54, 1.807) is 28.7 Å². The molecule has 1 saturated heterocycles. The molecule has 0 atom stereocenters. The Morgan fingerprint density at radius 3 is 2.58 bits per heavy atom. The lowest BCUT2D eigenvalue weighted by atomic mass is 9.96. The number of nitrogens with zero attached hydrogens (tertiary/aromatic N) is 4. The zero-order valence-electron chi connectivity index (χ0n) is 21.4. The first-order chi connectivity index (χ1) is 17.4. The molecule has 0 bridgehead atoms. The van der Waals surface area contributed by atoms with Gasteiger partial charge in [0.25, 0.3) is 11.5 Å². The van der Waals surface area contributed by atoms with Crippen LogP contribution in [0.1, 0.15) is 68.3 Å². The molecular weight excluding hydrogens is 458 g/mol. The number of amides is 1. The van der Waals surface area contributed by atoms with Crippen LogP contribution >= 0.6 is 0 Å². The Labute approximate surface area is 210 Å². The van der Waals surface area contributed by atoms with E-state index in [4.69, 9.17) is 15.1 Å². The summed E-state index contributed by atoms with van der Waals surface area (Å²) in [5.41, 5.74) is 1.87. The number of carbonyl (C=O) groups excluding carboxylic acids is 2. The lowest BCUT2D eigenvalue weighted by molar-refractivity contribution is -0.149. The van der Waals surface area contributed by atoms with E-state index in [9.17, 15) is 14.4 Å². The quantitative estimate of drug-likeness (QED) is 0.294. The van der Waals surface area contributed by atoms with Crippen molar-refractivity contribution in [2.75, 3.05) is 19.7 Å². The van der Waals surface area contributed by atoms with Gasteiger partial charge in [0.05, 0.1) is 23.5 Å². The number of fused-ring (bicyclic) bond motifs is 2. The van der Waals surface area contributed by atoms with Gasteiger partial charge in [0.2, 0.25) is 0 Å². The number of piperidine rings is 1. The summed E-state index contributed by atoms with van der Waals surface area (Å²) in [7, 11) is 0. The maximum Gasteiger partial charge on any atom is 0.309 e. The van der Waals surface area contributed by atoms with E-state index in [2.05, 4.69) is 6.92 Å². The SMILES string of the molecule is CCCCCCn1c(=N)c(C(=O)N2CCC(C(=O)OCC)CC2)cc2c(=O)n3cccc(C)c3nc21. The third kappa shape index (κ3) is 4.92. The summed E-state index contributed by atoms with van der Waals surface area (Å²) < 4.78 is 8.36. The largest absolute Gasteiger partial charge is 0.466 e. The number of carbonyl (C=O) groups is 2. The highest BCUT2D eigenvalue weighted by atomic mass is 16.5. The number of likely N-dealkylation sites (tertiary alicyclic amines) is 1. The molecule has 0 unspecified atom stereocenters. The van der Waals surface area contributed by atoms with E-state index in [0.29, 0.717) is 55.8 Å². The average molecular weight is 494 g/mol. The number of esters is 1. The lowest BCUT2D eigenvalue weighted by Crippen LogP contribution is -2.43. The average Bonchev–Trinajstić information content (AvgIpc) is 2.88. The molecule has 1 aliphatic heterocycles. The van der Waals surface area contributed by atoms with Crippen LogP contribution in [-0.4, -0.2) is 50.4 Å². The Morgan fingerprint density at radius 2 is 1.89 bits per heavy atom. The second-order valence-corrected chi connectivity index (χ2v) is 9.48. The second-order valence-electron chi connectivity index (χ2n) is 9.48. The standard InChI is InChI=1S/C27H35N5O4/c1-4-6-7-8-13-31-22(28)20(25(33)30-15-11-19(12-16-30)27(35)36-5-2)17-21-24(31)29-23-18(3)10-9-14-32(23)26(21)34/h9-10,14,17,19,28H,4-8,11-13,15-16H2,1-3H3. The minimum Gasteiger partial charge on any atom is -0.466 e. The third-order valence-corrected chi connectivity index (χ3v) is 7.00. The van der Waals surface area contributed by atoms with Crippen LogP contribution in [0.2, 0.25) is 0 Å². The van der Waals surface area contributed by atoms with Crippen molar-refractivity contribution in [3.63, 3.8) is 0 Å². The minimum absolute atomic E-state index is 0.0707. The molecule has 1 aliphatic rings. The number of aryl methyl sites for hydroxylation is 2. The van der Waals surface area contributed by atoms with Crippen molar-refractivity contribution < 1.29 is 14.3 Å². The van der Waals surface area contributed by atoms with Crippen LogP contribution in [0, 0.1) is 18.3 Å². The van der Waals surface area contributed by atoms with Crippen LogP contribution in [0.25, 0.3) is 16.7 Å². The summed E-state index contributed by atoms with van der Waals surface area (Å²) in [5, 5.41) is 9.27. The normalized spacial score (nSPS) is 14.5. The third-order valence-electron chi connectivity index (χ3n) is 7.00. The van der Waals surface area contributed by atoms with Gasteiger partial charge in [-0.15, -0.1) is 0 Å². The molecule has 9 nitrogen and oxygen atoms in total. The van der Waals surface area contributed by atoms with Gasteiger partial charge in [-0.25, -0.2) is 4.98 Å². The molecule has 0 aliphatic carbocycles.